The molecular formula is C25H32FN5O2. The number of guanidine groups is 1. The normalized spacial score (nSPS) is 20.0. The molecule has 0 saturated heterocycles. The molecule has 8 heteroatoms. The van der Waals surface area contributed by atoms with Gasteiger partial charge in [-0.1, -0.05) is 19.3 Å². The minimum Gasteiger partial charge on any atom is -0.494 e. The molecule has 2 aromatic rings. The number of carbonyl (C=O) groups excluding carboxylic acids is 1. The van der Waals surface area contributed by atoms with Gasteiger partial charge in [-0.25, -0.2) is 14.4 Å². The SMILES string of the molecule is CCN1C(=O)c2nc(-c3ccc(F)c(OC)c3)n(CC3CCCCC3)c2N2CC(C)(C)N=C12. The standard InChI is InChI=1S/C25H32FN5O2/c1-5-29-23(32)20-22(31-15-25(2,3)28-24(29)31)30(14-16-9-7-6-8-10-16)21(27-20)17-11-12-18(26)19(13-17)33-4/h11-13,16H,5-10,14-15H2,1-4H3. The topological polar surface area (TPSA) is 63.0 Å². The highest BCUT2D eigenvalue weighted by atomic mass is 19.1. The molecule has 1 saturated carbocycles. The first-order chi connectivity index (χ1) is 15.8. The fraction of sp³-hybridized carbons (Fsp3) is 0.560. The van der Waals surface area contributed by atoms with Gasteiger partial charge in [0.1, 0.15) is 11.6 Å². The molecule has 2 aliphatic heterocycles. The van der Waals surface area contributed by atoms with E-state index >= 15 is 0 Å². The Bertz CT molecular complexity index is 1120. The van der Waals surface area contributed by atoms with Crippen molar-refractivity contribution in [2.24, 2.45) is 10.9 Å². The average Bonchev–Trinajstić information content (AvgIpc) is 3.32. The third-order valence-electron chi connectivity index (χ3n) is 6.97. The Kier molecular flexibility index (Phi) is 5.41. The summed E-state index contributed by atoms with van der Waals surface area (Å²) in [6.45, 7) is 8.12. The van der Waals surface area contributed by atoms with Crippen LogP contribution < -0.4 is 9.64 Å². The van der Waals surface area contributed by atoms with Crippen molar-refractivity contribution in [2.75, 3.05) is 25.1 Å². The summed E-state index contributed by atoms with van der Waals surface area (Å²) in [4.78, 5) is 27.2. The van der Waals surface area contributed by atoms with Gasteiger partial charge < -0.3 is 9.30 Å². The van der Waals surface area contributed by atoms with Crippen molar-refractivity contribution < 1.29 is 13.9 Å². The van der Waals surface area contributed by atoms with Gasteiger partial charge in [0.2, 0.25) is 5.96 Å². The van der Waals surface area contributed by atoms with Crippen LogP contribution in [0.5, 0.6) is 5.75 Å². The molecule has 1 fully saturated rings. The highest BCUT2D eigenvalue weighted by Crippen LogP contribution is 2.40. The quantitative estimate of drug-likeness (QED) is 0.658. The smallest absolute Gasteiger partial charge is 0.283 e. The maximum Gasteiger partial charge on any atom is 0.283 e. The van der Waals surface area contributed by atoms with Gasteiger partial charge in [-0.05, 0) is 57.7 Å². The zero-order valence-corrected chi connectivity index (χ0v) is 19.9. The average molecular weight is 454 g/mol. The summed E-state index contributed by atoms with van der Waals surface area (Å²) < 4.78 is 21.6. The van der Waals surface area contributed by atoms with Crippen molar-refractivity contribution in [2.45, 2.75) is 65.0 Å². The van der Waals surface area contributed by atoms with Gasteiger partial charge in [-0.15, -0.1) is 0 Å². The number of methoxy groups -OCH3 is 1. The summed E-state index contributed by atoms with van der Waals surface area (Å²) in [6.07, 6.45) is 6.07. The van der Waals surface area contributed by atoms with Crippen LogP contribution in [-0.2, 0) is 6.54 Å². The van der Waals surface area contributed by atoms with Crippen LogP contribution in [0, 0.1) is 11.7 Å². The lowest BCUT2D eigenvalue weighted by Gasteiger charge is -2.34. The lowest BCUT2D eigenvalue weighted by Crippen LogP contribution is -2.51. The van der Waals surface area contributed by atoms with E-state index in [0.29, 0.717) is 36.5 Å². The first-order valence-electron chi connectivity index (χ1n) is 12.0. The molecular weight excluding hydrogens is 421 g/mol. The fourth-order valence-corrected chi connectivity index (χ4v) is 5.38. The lowest BCUT2D eigenvalue weighted by atomic mass is 9.89. The van der Waals surface area contributed by atoms with Crippen LogP contribution in [0.2, 0.25) is 0 Å². The summed E-state index contributed by atoms with van der Waals surface area (Å²) in [6, 6.07) is 4.79. The van der Waals surface area contributed by atoms with E-state index in [4.69, 9.17) is 14.7 Å². The number of benzene rings is 1. The predicted octanol–water partition coefficient (Wildman–Crippen LogP) is 4.71. The molecule has 176 valence electrons. The summed E-state index contributed by atoms with van der Waals surface area (Å²) in [5.41, 5.74) is 0.887. The summed E-state index contributed by atoms with van der Waals surface area (Å²) in [5, 5.41) is 0. The molecule has 3 heterocycles. The van der Waals surface area contributed by atoms with Gasteiger partial charge in [-0.2, -0.15) is 0 Å². The molecule has 1 aromatic heterocycles. The molecule has 7 nitrogen and oxygen atoms in total. The van der Waals surface area contributed by atoms with E-state index in [0.717, 1.165) is 17.9 Å². The lowest BCUT2D eigenvalue weighted by molar-refractivity contribution is 0.0841. The molecule has 5 rings (SSSR count). The Labute approximate surface area is 194 Å². The summed E-state index contributed by atoms with van der Waals surface area (Å²) >= 11 is 0. The van der Waals surface area contributed by atoms with Gasteiger partial charge in [0.25, 0.3) is 5.91 Å². The molecule has 3 aliphatic rings. The van der Waals surface area contributed by atoms with Crippen LogP contribution in [0.3, 0.4) is 0 Å². The van der Waals surface area contributed by atoms with E-state index in [1.165, 1.54) is 45.3 Å². The Morgan fingerprint density at radius 1 is 1.21 bits per heavy atom. The third-order valence-corrected chi connectivity index (χ3v) is 6.97. The minimum absolute atomic E-state index is 0.127. The Morgan fingerprint density at radius 3 is 2.67 bits per heavy atom. The molecule has 0 atom stereocenters. The van der Waals surface area contributed by atoms with Gasteiger partial charge >= 0.3 is 0 Å². The number of hydrogen-bond acceptors (Lipinski definition) is 5. The van der Waals surface area contributed by atoms with Crippen LogP contribution in [0.15, 0.2) is 23.2 Å². The van der Waals surface area contributed by atoms with Crippen LogP contribution in [-0.4, -0.2) is 52.1 Å². The third kappa shape index (κ3) is 3.69. The van der Waals surface area contributed by atoms with E-state index in [2.05, 4.69) is 23.3 Å². The Morgan fingerprint density at radius 2 is 1.97 bits per heavy atom. The number of ether oxygens (including phenoxy) is 1. The van der Waals surface area contributed by atoms with Gasteiger partial charge in [0.05, 0.1) is 19.2 Å². The van der Waals surface area contributed by atoms with Crippen molar-refractivity contribution in [1.82, 2.24) is 14.5 Å². The van der Waals surface area contributed by atoms with Crippen LogP contribution in [0.25, 0.3) is 11.4 Å². The molecule has 1 aromatic carbocycles. The monoisotopic (exact) mass is 453 g/mol. The van der Waals surface area contributed by atoms with Gasteiger partial charge in [-0.3, -0.25) is 14.6 Å². The molecule has 33 heavy (non-hydrogen) atoms. The van der Waals surface area contributed by atoms with E-state index in [1.807, 2.05) is 6.92 Å². The molecule has 1 amide bonds. The summed E-state index contributed by atoms with van der Waals surface area (Å²) in [7, 11) is 1.46. The predicted molar refractivity (Wildman–Crippen MR) is 126 cm³/mol. The number of nitrogens with zero attached hydrogens (tertiary/aromatic N) is 5. The number of halogens is 1. The van der Waals surface area contributed by atoms with Gasteiger partial charge in [0, 0.05) is 18.7 Å². The van der Waals surface area contributed by atoms with E-state index in [1.54, 1.807) is 17.0 Å². The molecule has 0 N–H and O–H groups in total. The Balaban J connectivity index is 1.69. The molecule has 0 unspecified atom stereocenters. The highest BCUT2D eigenvalue weighted by Gasteiger charge is 2.46. The largest absolute Gasteiger partial charge is 0.494 e. The van der Waals surface area contributed by atoms with Crippen molar-refractivity contribution in [3.8, 4) is 17.1 Å². The number of amides is 1. The number of imidazole rings is 1. The van der Waals surface area contributed by atoms with E-state index in [9.17, 15) is 9.18 Å². The van der Waals surface area contributed by atoms with Gasteiger partial charge in [0.15, 0.2) is 17.3 Å². The second-order valence-electron chi connectivity index (χ2n) is 9.93. The number of anilines is 1. The number of rotatable bonds is 5. The number of aromatic nitrogens is 2. The van der Waals surface area contributed by atoms with Crippen molar-refractivity contribution >= 4 is 17.7 Å². The number of fused-ring (bicyclic) bond motifs is 3. The van der Waals surface area contributed by atoms with Crippen LogP contribution in [0.4, 0.5) is 10.2 Å². The maximum atomic E-state index is 14.2. The van der Waals surface area contributed by atoms with Crippen molar-refractivity contribution in [3.63, 3.8) is 0 Å². The zero-order valence-electron chi connectivity index (χ0n) is 19.9. The molecule has 0 spiro atoms. The number of aliphatic imine (C=N–C) groups is 1. The highest BCUT2D eigenvalue weighted by molar-refractivity contribution is 6.18. The van der Waals surface area contributed by atoms with Crippen molar-refractivity contribution in [1.29, 1.82) is 0 Å². The van der Waals surface area contributed by atoms with Crippen molar-refractivity contribution in [3.05, 3.63) is 29.7 Å². The zero-order chi connectivity index (χ0) is 23.3. The molecule has 0 radical (unpaired) electrons. The number of carbonyl (C=O) groups is 1. The van der Waals surface area contributed by atoms with E-state index < -0.39 is 5.82 Å². The number of hydrogen-bond donors (Lipinski definition) is 0. The minimum atomic E-state index is -0.416. The fourth-order valence-electron chi connectivity index (χ4n) is 5.38. The molecule has 1 aliphatic carbocycles. The van der Waals surface area contributed by atoms with Crippen LogP contribution >= 0.6 is 0 Å². The molecule has 0 bridgehead atoms. The maximum absolute atomic E-state index is 14.2. The van der Waals surface area contributed by atoms with E-state index in [-0.39, 0.29) is 17.2 Å². The first-order valence-corrected chi connectivity index (χ1v) is 12.0. The first kappa shape index (κ1) is 21.9. The second kappa shape index (κ2) is 8.15. The summed E-state index contributed by atoms with van der Waals surface area (Å²) in [5.74, 6) is 2.35. The Hall–Kier alpha value is -2.90. The van der Waals surface area contributed by atoms with Crippen LogP contribution in [0.1, 0.15) is 63.4 Å². The second-order valence-corrected chi connectivity index (χ2v) is 9.93.